The van der Waals surface area contributed by atoms with Crippen molar-refractivity contribution in [3.63, 3.8) is 0 Å². The molecule has 2 atom stereocenters. The van der Waals surface area contributed by atoms with Gasteiger partial charge in [-0.25, -0.2) is 0 Å². The number of anilines is 1. The minimum absolute atomic E-state index is 0.267. The molecule has 0 aromatic heterocycles. The molecule has 28 heavy (non-hydrogen) atoms. The van der Waals surface area contributed by atoms with Crippen molar-refractivity contribution in [1.29, 1.82) is 0 Å². The number of hydrogen-bond donors (Lipinski definition) is 1. The largest absolute Gasteiger partial charge is 0.491 e. The summed E-state index contributed by atoms with van der Waals surface area (Å²) in [5.41, 5.74) is 6.19. The van der Waals surface area contributed by atoms with Crippen molar-refractivity contribution in [3.8, 4) is 0 Å². The average molecular weight is 398 g/mol. The molecule has 3 aliphatic heterocycles. The van der Waals surface area contributed by atoms with Gasteiger partial charge in [0.15, 0.2) is 5.11 Å². The average Bonchev–Trinajstić information content (AvgIpc) is 2.72. The van der Waals surface area contributed by atoms with E-state index in [0.29, 0.717) is 17.8 Å². The molecule has 2 fully saturated rings. The van der Waals surface area contributed by atoms with Gasteiger partial charge >= 0.3 is 0 Å². The topological polar surface area (TPSA) is 52.5 Å². The number of aliphatic imine (C=N–C) groups is 1. The van der Waals surface area contributed by atoms with Gasteiger partial charge in [-0.05, 0) is 50.7 Å². The Labute approximate surface area is 172 Å². The maximum Gasteiger partial charge on any atom is 0.189 e. The van der Waals surface area contributed by atoms with Gasteiger partial charge in [-0.3, -0.25) is 10.4 Å². The molecule has 0 saturated carbocycles. The first-order valence-electron chi connectivity index (χ1n) is 9.96. The SMILES string of the molecule is CC1CC=C2OCC/C(=N/NC(=S)N3CCN(c4ccccc4)CC3C)C2=N1. The number of hydrogen-bond acceptors (Lipinski definition) is 5. The van der Waals surface area contributed by atoms with E-state index >= 15 is 0 Å². The Morgan fingerprint density at radius 1 is 1.25 bits per heavy atom. The van der Waals surface area contributed by atoms with Crippen LogP contribution in [0.1, 0.15) is 26.7 Å². The summed E-state index contributed by atoms with van der Waals surface area (Å²) in [4.78, 5) is 9.35. The Morgan fingerprint density at radius 3 is 2.86 bits per heavy atom. The number of dihydropyridines is 1. The molecular formula is C21H27N5OS. The van der Waals surface area contributed by atoms with Crippen LogP contribution in [0.2, 0.25) is 0 Å². The molecule has 0 amide bonds. The highest BCUT2D eigenvalue weighted by Gasteiger charge is 2.27. The van der Waals surface area contributed by atoms with Crippen LogP contribution >= 0.6 is 12.2 Å². The van der Waals surface area contributed by atoms with E-state index in [0.717, 1.165) is 49.7 Å². The fraction of sp³-hybridized carbons (Fsp3) is 0.476. The standard InChI is InChI=1S/C21H27N5OS/c1-15-8-9-19-20(22-15)18(10-13-27-19)23-24-21(28)26-12-11-25(14-16(26)2)17-6-4-3-5-7-17/h3-7,9,15-16H,8,10-14H2,1-2H3,(H,24,28)/b23-18-. The molecule has 0 radical (unpaired) electrons. The molecule has 7 heteroatoms. The second kappa shape index (κ2) is 8.31. The van der Waals surface area contributed by atoms with Crippen molar-refractivity contribution in [3.05, 3.63) is 42.2 Å². The van der Waals surface area contributed by atoms with Crippen molar-refractivity contribution in [1.82, 2.24) is 10.3 Å². The molecule has 1 N–H and O–H groups in total. The van der Waals surface area contributed by atoms with Gasteiger partial charge in [0.05, 0.1) is 18.4 Å². The lowest BCUT2D eigenvalue weighted by molar-refractivity contribution is 0.232. The Hall–Kier alpha value is -2.41. The number of piperazine rings is 1. The molecule has 4 rings (SSSR count). The van der Waals surface area contributed by atoms with Gasteiger partial charge in [0.25, 0.3) is 0 Å². The predicted molar refractivity (Wildman–Crippen MR) is 118 cm³/mol. The number of nitrogens with one attached hydrogen (secondary N) is 1. The van der Waals surface area contributed by atoms with Crippen LogP contribution < -0.4 is 10.3 Å². The van der Waals surface area contributed by atoms with Crippen LogP contribution in [0.25, 0.3) is 0 Å². The molecule has 1 aromatic rings. The molecule has 0 bridgehead atoms. The Morgan fingerprint density at radius 2 is 2.07 bits per heavy atom. The second-order valence-electron chi connectivity index (χ2n) is 7.53. The molecule has 0 spiro atoms. The summed E-state index contributed by atoms with van der Waals surface area (Å²) in [6.07, 6.45) is 3.78. The zero-order valence-corrected chi connectivity index (χ0v) is 17.3. The second-order valence-corrected chi connectivity index (χ2v) is 7.92. The van der Waals surface area contributed by atoms with Crippen LogP contribution in [0.4, 0.5) is 5.69 Å². The zero-order chi connectivity index (χ0) is 19.5. The van der Waals surface area contributed by atoms with E-state index in [1.54, 1.807) is 0 Å². The molecular weight excluding hydrogens is 370 g/mol. The summed E-state index contributed by atoms with van der Waals surface area (Å²) >= 11 is 5.65. The first-order valence-corrected chi connectivity index (χ1v) is 10.4. The van der Waals surface area contributed by atoms with Crippen LogP contribution in [0, 0.1) is 0 Å². The van der Waals surface area contributed by atoms with E-state index in [1.807, 2.05) is 0 Å². The third kappa shape index (κ3) is 4.04. The van der Waals surface area contributed by atoms with E-state index in [1.165, 1.54) is 5.69 Å². The molecule has 6 nitrogen and oxygen atoms in total. The van der Waals surface area contributed by atoms with E-state index in [4.69, 9.17) is 21.9 Å². The van der Waals surface area contributed by atoms with Crippen LogP contribution in [0.3, 0.4) is 0 Å². The van der Waals surface area contributed by atoms with Crippen molar-refractivity contribution >= 4 is 34.4 Å². The Bertz CT molecular complexity index is 819. The molecule has 1 aromatic carbocycles. The van der Waals surface area contributed by atoms with Crippen molar-refractivity contribution in [2.45, 2.75) is 38.8 Å². The molecule has 3 aliphatic rings. The lowest BCUT2D eigenvalue weighted by atomic mass is 10.0. The van der Waals surface area contributed by atoms with Crippen LogP contribution in [0.15, 0.2) is 52.3 Å². The van der Waals surface area contributed by atoms with E-state index < -0.39 is 0 Å². The zero-order valence-electron chi connectivity index (χ0n) is 16.5. The first kappa shape index (κ1) is 18.9. The monoisotopic (exact) mass is 397 g/mol. The number of fused-ring (bicyclic) bond motifs is 1. The van der Waals surface area contributed by atoms with Gasteiger partial charge in [-0.2, -0.15) is 5.10 Å². The van der Waals surface area contributed by atoms with Gasteiger partial charge in [0, 0.05) is 37.8 Å². The van der Waals surface area contributed by atoms with Crippen LogP contribution in [0.5, 0.6) is 0 Å². The normalized spacial score (nSPS) is 26.1. The lowest BCUT2D eigenvalue weighted by Gasteiger charge is -2.41. The van der Waals surface area contributed by atoms with Gasteiger partial charge in [0.1, 0.15) is 11.5 Å². The number of thiocarbonyl (C=S) groups is 1. The van der Waals surface area contributed by atoms with Gasteiger partial charge in [-0.1, -0.05) is 18.2 Å². The summed E-state index contributed by atoms with van der Waals surface area (Å²) in [7, 11) is 0. The first-order chi connectivity index (χ1) is 13.6. The van der Waals surface area contributed by atoms with Crippen LogP contribution in [-0.2, 0) is 4.74 Å². The number of allylic oxidation sites excluding steroid dienone is 1. The fourth-order valence-electron chi connectivity index (χ4n) is 3.85. The molecule has 3 heterocycles. The third-order valence-corrected chi connectivity index (χ3v) is 5.72. The maximum atomic E-state index is 5.73. The van der Waals surface area contributed by atoms with E-state index in [-0.39, 0.29) is 6.04 Å². The molecule has 0 aliphatic carbocycles. The van der Waals surface area contributed by atoms with Crippen LogP contribution in [-0.4, -0.2) is 59.8 Å². The number of nitrogens with zero attached hydrogens (tertiary/aromatic N) is 4. The maximum absolute atomic E-state index is 5.73. The predicted octanol–water partition coefficient (Wildman–Crippen LogP) is 2.97. The van der Waals surface area contributed by atoms with Gasteiger partial charge in [-0.15, -0.1) is 0 Å². The minimum atomic E-state index is 0.267. The Kier molecular flexibility index (Phi) is 5.62. The van der Waals surface area contributed by atoms with Crippen molar-refractivity contribution in [2.75, 3.05) is 31.1 Å². The number of benzene rings is 1. The summed E-state index contributed by atoms with van der Waals surface area (Å²) in [5.74, 6) is 0.862. The van der Waals surface area contributed by atoms with Gasteiger partial charge < -0.3 is 14.5 Å². The number of para-hydroxylation sites is 1. The smallest absolute Gasteiger partial charge is 0.189 e. The van der Waals surface area contributed by atoms with E-state index in [9.17, 15) is 0 Å². The minimum Gasteiger partial charge on any atom is -0.491 e. The van der Waals surface area contributed by atoms with E-state index in [2.05, 4.69) is 70.6 Å². The summed E-state index contributed by atoms with van der Waals surface area (Å²) in [6.45, 7) is 7.71. The highest BCUT2D eigenvalue weighted by atomic mass is 32.1. The quantitative estimate of drug-likeness (QED) is 0.614. The van der Waals surface area contributed by atoms with Gasteiger partial charge in [0.2, 0.25) is 0 Å². The Balaban J connectivity index is 1.39. The van der Waals surface area contributed by atoms with Crippen molar-refractivity contribution < 1.29 is 4.74 Å². The highest BCUT2D eigenvalue weighted by Crippen LogP contribution is 2.21. The number of rotatable bonds is 2. The van der Waals surface area contributed by atoms with Crippen molar-refractivity contribution in [2.24, 2.45) is 10.1 Å². The summed E-state index contributed by atoms with van der Waals surface area (Å²) in [5, 5.41) is 5.28. The molecule has 2 saturated heterocycles. The summed E-state index contributed by atoms with van der Waals surface area (Å²) in [6, 6.07) is 11.1. The lowest BCUT2D eigenvalue weighted by Crippen LogP contribution is -2.56. The molecule has 2 unspecified atom stereocenters. The number of ether oxygens (including phenoxy) is 1. The fourth-order valence-corrected chi connectivity index (χ4v) is 4.17. The number of hydrazone groups is 1. The third-order valence-electron chi connectivity index (χ3n) is 5.39. The highest BCUT2D eigenvalue weighted by molar-refractivity contribution is 7.80. The summed E-state index contributed by atoms with van der Waals surface area (Å²) < 4.78 is 5.73. The molecule has 148 valence electrons.